The minimum atomic E-state index is -2.85. The van der Waals surface area contributed by atoms with Crippen molar-refractivity contribution in [2.75, 3.05) is 12.4 Å². The highest BCUT2D eigenvalue weighted by Crippen LogP contribution is 2.43. The first-order valence-electron chi connectivity index (χ1n) is 16.1. The van der Waals surface area contributed by atoms with Crippen LogP contribution in [0.5, 0.6) is 0 Å². The topological polar surface area (TPSA) is 82.1 Å². The number of aliphatic hydroxyl groups is 1. The summed E-state index contributed by atoms with van der Waals surface area (Å²) in [5.41, 5.74) is -2.59. The quantitative estimate of drug-likeness (QED) is 0.0418. The van der Waals surface area contributed by atoms with Crippen molar-refractivity contribution >= 4 is 25.8 Å². The molecule has 0 amide bonds. The van der Waals surface area contributed by atoms with Gasteiger partial charge in [0.05, 0.1) is 12.7 Å². The molecular formula is C31H62O6PS+. The van der Waals surface area contributed by atoms with Gasteiger partial charge in [-0.15, -0.1) is 4.52 Å². The standard InChI is InChI=1S/C31H62O6PS/c1-7-10-12-14-16-17-18-19-21-23-26-39-29(24-22-20-15-13-11-8-2)28(6)37-38(34)31(33,35-25-9-3)30(32)36-27(4)5/h27-29,33H,7-26H2,1-6H3/q+1. The maximum atomic E-state index is 13.2. The van der Waals surface area contributed by atoms with Crippen LogP contribution in [0.1, 0.15) is 157 Å². The fourth-order valence-electron chi connectivity index (χ4n) is 4.42. The predicted molar refractivity (Wildman–Crippen MR) is 167 cm³/mol. The van der Waals surface area contributed by atoms with Crippen molar-refractivity contribution < 1.29 is 28.5 Å². The number of carbonyl (C=O) groups is 1. The smallest absolute Gasteiger partial charge is 0.455 e. The van der Waals surface area contributed by atoms with Gasteiger partial charge in [-0.1, -0.05) is 117 Å². The van der Waals surface area contributed by atoms with Crippen LogP contribution >= 0.6 is 19.8 Å². The van der Waals surface area contributed by atoms with E-state index in [0.29, 0.717) is 6.42 Å². The largest absolute Gasteiger partial charge is 0.589 e. The predicted octanol–water partition coefficient (Wildman–Crippen LogP) is 9.93. The van der Waals surface area contributed by atoms with E-state index >= 15 is 0 Å². The first kappa shape index (κ1) is 38.8. The lowest BCUT2D eigenvalue weighted by Crippen LogP contribution is -2.42. The molecule has 0 aromatic heterocycles. The third kappa shape index (κ3) is 19.5. The first-order chi connectivity index (χ1) is 18.7. The lowest BCUT2D eigenvalue weighted by molar-refractivity contribution is -0.202. The van der Waals surface area contributed by atoms with Gasteiger partial charge in [-0.3, -0.25) is 4.74 Å². The van der Waals surface area contributed by atoms with Gasteiger partial charge in [-0.2, -0.15) is 11.8 Å². The van der Waals surface area contributed by atoms with E-state index in [-0.39, 0.29) is 18.0 Å². The Labute approximate surface area is 246 Å². The highest BCUT2D eigenvalue weighted by molar-refractivity contribution is 7.99. The highest BCUT2D eigenvalue weighted by Gasteiger charge is 2.62. The number of rotatable bonds is 28. The van der Waals surface area contributed by atoms with Crippen LogP contribution in [-0.4, -0.2) is 46.4 Å². The SMILES string of the molecule is CCCCCCCCCCCCSC(CCCCCCCC)C(C)O[P+](=O)C(O)(OCCC)C(=O)OC(C)C. The van der Waals surface area contributed by atoms with E-state index in [1.54, 1.807) is 13.8 Å². The molecule has 0 spiro atoms. The van der Waals surface area contributed by atoms with Crippen molar-refractivity contribution in [3.63, 3.8) is 0 Å². The van der Waals surface area contributed by atoms with E-state index in [1.807, 2.05) is 25.6 Å². The van der Waals surface area contributed by atoms with Gasteiger partial charge >= 0.3 is 19.5 Å². The van der Waals surface area contributed by atoms with Crippen LogP contribution in [0.2, 0.25) is 0 Å². The molecule has 0 bridgehead atoms. The molecule has 0 aliphatic carbocycles. The van der Waals surface area contributed by atoms with E-state index in [1.165, 1.54) is 89.9 Å². The van der Waals surface area contributed by atoms with Gasteiger partial charge in [0.25, 0.3) is 0 Å². The molecule has 0 saturated carbocycles. The summed E-state index contributed by atoms with van der Waals surface area (Å²) in [6.45, 7) is 11.7. The van der Waals surface area contributed by atoms with E-state index in [0.717, 1.165) is 25.0 Å². The minimum Gasteiger partial charge on any atom is -0.455 e. The normalized spacial score (nSPS) is 15.2. The van der Waals surface area contributed by atoms with E-state index in [9.17, 15) is 14.5 Å². The third-order valence-electron chi connectivity index (χ3n) is 6.82. The van der Waals surface area contributed by atoms with Gasteiger partial charge in [0.2, 0.25) is 0 Å². The molecule has 39 heavy (non-hydrogen) atoms. The van der Waals surface area contributed by atoms with Crippen molar-refractivity contribution in [1.29, 1.82) is 0 Å². The van der Waals surface area contributed by atoms with E-state index in [4.69, 9.17) is 14.0 Å². The molecule has 8 heteroatoms. The molecule has 6 nitrogen and oxygen atoms in total. The van der Waals surface area contributed by atoms with Gasteiger partial charge < -0.3 is 9.84 Å². The molecule has 0 rings (SSSR count). The average Bonchev–Trinajstić information content (AvgIpc) is 2.90. The molecular weight excluding hydrogens is 531 g/mol. The Morgan fingerprint density at radius 3 is 1.74 bits per heavy atom. The van der Waals surface area contributed by atoms with Crippen LogP contribution in [0.15, 0.2) is 0 Å². The second-order valence-corrected chi connectivity index (χ2v) is 13.8. The van der Waals surface area contributed by atoms with Crippen LogP contribution < -0.4 is 0 Å². The number of carbonyl (C=O) groups excluding carboxylic acids is 1. The van der Waals surface area contributed by atoms with Crippen LogP contribution in [0, 0.1) is 0 Å². The molecule has 0 aromatic rings. The minimum absolute atomic E-state index is 0.0805. The zero-order valence-electron chi connectivity index (χ0n) is 26.2. The molecule has 0 aliphatic rings. The molecule has 232 valence electrons. The van der Waals surface area contributed by atoms with Crippen molar-refractivity contribution in [2.24, 2.45) is 0 Å². The average molecular weight is 594 g/mol. The number of ether oxygens (including phenoxy) is 2. The Kier molecular flexibility index (Phi) is 25.4. The number of thioether (sulfide) groups is 1. The summed E-state index contributed by atoms with van der Waals surface area (Å²) in [5, 5.41) is 11.1. The molecule has 0 radical (unpaired) electrons. The molecule has 4 atom stereocenters. The Morgan fingerprint density at radius 1 is 0.769 bits per heavy atom. The molecule has 4 unspecified atom stereocenters. The zero-order chi connectivity index (χ0) is 29.4. The van der Waals surface area contributed by atoms with Gasteiger partial charge in [0.15, 0.2) is 0 Å². The van der Waals surface area contributed by atoms with Gasteiger partial charge in [0, 0.05) is 5.25 Å². The summed E-state index contributed by atoms with van der Waals surface area (Å²) >= 11 is 1.87. The lowest BCUT2D eigenvalue weighted by atomic mass is 10.1. The molecule has 0 fully saturated rings. The third-order valence-corrected chi connectivity index (χ3v) is 9.72. The first-order valence-corrected chi connectivity index (χ1v) is 18.3. The maximum Gasteiger partial charge on any atom is 0.589 e. The van der Waals surface area contributed by atoms with Crippen LogP contribution in [0.3, 0.4) is 0 Å². The second-order valence-electron chi connectivity index (χ2n) is 11.1. The number of hydrogen-bond donors (Lipinski definition) is 1. The van der Waals surface area contributed by atoms with Crippen molar-refractivity contribution in [2.45, 2.75) is 180 Å². The summed E-state index contributed by atoms with van der Waals surface area (Å²) in [4.78, 5) is 12.6. The number of hydrogen-bond acceptors (Lipinski definition) is 7. The van der Waals surface area contributed by atoms with E-state index < -0.39 is 25.6 Å². The summed E-state index contributed by atoms with van der Waals surface area (Å²) in [5.74, 6) is -0.0160. The van der Waals surface area contributed by atoms with Gasteiger partial charge in [-0.25, -0.2) is 4.79 Å². The van der Waals surface area contributed by atoms with Crippen LogP contribution in [0.25, 0.3) is 0 Å². The zero-order valence-corrected chi connectivity index (χ0v) is 27.9. The Balaban J connectivity index is 4.85. The molecule has 0 aliphatic heterocycles. The van der Waals surface area contributed by atoms with E-state index in [2.05, 4.69) is 13.8 Å². The van der Waals surface area contributed by atoms with Crippen LogP contribution in [0.4, 0.5) is 0 Å². The highest BCUT2D eigenvalue weighted by atomic mass is 32.2. The number of esters is 1. The van der Waals surface area contributed by atoms with Gasteiger partial charge in [-0.05, 0) is 50.4 Å². The Hall–Kier alpha value is -0.200. The second kappa shape index (κ2) is 25.5. The molecule has 0 heterocycles. The monoisotopic (exact) mass is 593 g/mol. The van der Waals surface area contributed by atoms with Crippen molar-refractivity contribution in [3.05, 3.63) is 0 Å². The molecule has 0 aromatic carbocycles. The fraction of sp³-hybridized carbons (Fsp3) is 0.968. The maximum absolute atomic E-state index is 13.2. The Bertz CT molecular complexity index is 606. The van der Waals surface area contributed by atoms with Crippen molar-refractivity contribution in [1.82, 2.24) is 0 Å². The molecule has 0 saturated heterocycles. The summed E-state index contributed by atoms with van der Waals surface area (Å²) in [6, 6.07) is 0. The summed E-state index contributed by atoms with van der Waals surface area (Å²) in [6.07, 6.45) is 21.1. The van der Waals surface area contributed by atoms with Gasteiger partial charge in [0.1, 0.15) is 6.10 Å². The summed E-state index contributed by atoms with van der Waals surface area (Å²) < 4.78 is 29.5. The number of unbranched alkanes of at least 4 members (excludes halogenated alkanes) is 14. The van der Waals surface area contributed by atoms with Crippen molar-refractivity contribution in [3.8, 4) is 0 Å². The van der Waals surface area contributed by atoms with Crippen LogP contribution in [-0.2, 0) is 23.4 Å². The summed E-state index contributed by atoms with van der Waals surface area (Å²) in [7, 11) is -2.85. The Morgan fingerprint density at radius 2 is 1.26 bits per heavy atom. The molecule has 1 N–H and O–H groups in total. The lowest BCUT2D eigenvalue weighted by Gasteiger charge is -2.22. The fourth-order valence-corrected chi connectivity index (χ4v) is 6.82.